The van der Waals surface area contributed by atoms with Crippen molar-refractivity contribution >= 4 is 108 Å². The van der Waals surface area contributed by atoms with Gasteiger partial charge in [-0.25, -0.2) is 13.6 Å². The van der Waals surface area contributed by atoms with Gasteiger partial charge in [-0.2, -0.15) is 18.4 Å². The summed E-state index contributed by atoms with van der Waals surface area (Å²) in [5.41, 5.74) is 2.92. The van der Waals surface area contributed by atoms with E-state index >= 15 is 0 Å². The molecule has 22 heteroatoms. The lowest BCUT2D eigenvalue weighted by Gasteiger charge is -2.29. The van der Waals surface area contributed by atoms with Gasteiger partial charge in [0.1, 0.15) is 22.7 Å². The van der Waals surface area contributed by atoms with E-state index in [1.54, 1.807) is 49.9 Å². The van der Waals surface area contributed by atoms with Crippen molar-refractivity contribution in [3.8, 4) is 6.07 Å². The summed E-state index contributed by atoms with van der Waals surface area (Å²) in [5, 5.41) is 16.5. The van der Waals surface area contributed by atoms with Crippen LogP contribution in [0.25, 0.3) is 4.85 Å². The molecule has 0 spiro atoms. The summed E-state index contributed by atoms with van der Waals surface area (Å²) in [6, 6.07) is 17.0. The third kappa shape index (κ3) is 13.1. The maximum absolute atomic E-state index is 14.5. The molecule has 0 saturated carbocycles. The second kappa shape index (κ2) is 22.5. The number of alkyl halides is 3. The minimum Gasteiger partial charge on any atom is -1.00 e. The molecule has 64 heavy (non-hydrogen) atoms. The van der Waals surface area contributed by atoms with Crippen LogP contribution < -0.4 is 55.5 Å². The molecule has 0 aliphatic carbocycles. The highest BCUT2D eigenvalue weighted by Crippen LogP contribution is 2.38. The van der Waals surface area contributed by atoms with Crippen molar-refractivity contribution in [3.63, 3.8) is 0 Å². The van der Waals surface area contributed by atoms with Gasteiger partial charge in [0.05, 0.1) is 41.4 Å². The number of ketones is 1. The second-order valence-corrected chi connectivity index (χ2v) is 16.4. The zero-order chi connectivity index (χ0) is 47.8. The molecule has 0 radical (unpaired) electrons. The summed E-state index contributed by atoms with van der Waals surface area (Å²) in [6.07, 6.45) is -4.76. The van der Waals surface area contributed by atoms with Crippen LogP contribution in [0.15, 0.2) is 72.8 Å². The second-order valence-electron chi connectivity index (χ2n) is 14.3. The number of nitrogens with two attached hydrogens (primary N) is 1. The number of thiocarbonyl (C=S) groups is 2. The molecule has 4 aromatic rings. The zero-order valence-corrected chi connectivity index (χ0v) is 39.8. The van der Waals surface area contributed by atoms with Crippen LogP contribution >= 0.6 is 47.6 Å². The summed E-state index contributed by atoms with van der Waals surface area (Å²) in [5.74, 6) is -3.63. The van der Waals surface area contributed by atoms with Crippen molar-refractivity contribution in [3.05, 3.63) is 124 Å². The predicted octanol–water partition coefficient (Wildman–Crippen LogP) is 6.40. The van der Waals surface area contributed by atoms with E-state index in [0.717, 1.165) is 17.7 Å². The zero-order valence-electron chi connectivity index (χ0n) is 34.5. The summed E-state index contributed by atoms with van der Waals surface area (Å²) in [4.78, 5) is 55.4. The number of nitrogens with one attached hydrogen (secondary N) is 3. The Morgan fingerprint density at radius 1 is 0.938 bits per heavy atom. The average molecular weight is 1070 g/mol. The summed E-state index contributed by atoms with van der Waals surface area (Å²) < 4.78 is 67.8. The molecular weight excluding hydrogens is 1040 g/mol. The molecule has 0 aromatic heterocycles. The van der Waals surface area contributed by atoms with Gasteiger partial charge >= 0.3 is 6.18 Å². The first-order valence-corrected chi connectivity index (χ1v) is 19.6. The fourth-order valence-electron chi connectivity index (χ4n) is 5.91. The van der Waals surface area contributed by atoms with Crippen molar-refractivity contribution in [1.29, 1.82) is 5.26 Å². The normalized spacial score (nSPS) is 12.8. The quantitative estimate of drug-likeness (QED) is 0.0369. The third-order valence-corrected chi connectivity index (χ3v) is 9.46. The first-order chi connectivity index (χ1) is 29.2. The Bertz CT molecular complexity index is 2580. The van der Waals surface area contributed by atoms with Crippen LogP contribution in [0.3, 0.4) is 0 Å². The van der Waals surface area contributed by atoms with Gasteiger partial charge in [-0.3, -0.25) is 24.1 Å². The van der Waals surface area contributed by atoms with Crippen molar-refractivity contribution in [2.45, 2.75) is 51.9 Å². The lowest BCUT2D eigenvalue weighted by atomic mass is 10.0. The van der Waals surface area contributed by atoms with Crippen molar-refractivity contribution in [2.75, 3.05) is 34.0 Å². The van der Waals surface area contributed by atoms with Gasteiger partial charge in [-0.05, 0) is 119 Å². The van der Waals surface area contributed by atoms with E-state index in [1.807, 2.05) is 0 Å². The Morgan fingerprint density at radius 3 is 2.00 bits per heavy atom. The standard InChI is InChI=1S/C21H19FN4O2S.C20H18F4N4O2.CCl2S.HI/c1-12-10-13(7-9-17(12)23-4)25-19(28)21(2,3)26(20(25)29)14-6-8-15(16(22)11-14)18(27)24-5;1-19(2,28-13-5-6-14(16(21)8-13)17(29)10-26)18(30)27-12-4-3-11(9-25)15(7-12)20(22,23)24;2-1(3)4;/h6-11H,1-3,5H3,(H,24,27);3-8,28H,10,26H2,1-2H3,(H,27,30);;1H/p-1. The first-order valence-electron chi connectivity index (χ1n) is 18.0. The van der Waals surface area contributed by atoms with Crippen molar-refractivity contribution in [2.24, 2.45) is 5.73 Å². The van der Waals surface area contributed by atoms with Gasteiger partial charge in [0, 0.05) is 29.8 Å². The summed E-state index contributed by atoms with van der Waals surface area (Å²) in [7, 11) is 1.42. The van der Waals surface area contributed by atoms with Gasteiger partial charge < -0.3 is 50.6 Å². The minimum absolute atomic E-state index is 0. The number of benzene rings is 4. The summed E-state index contributed by atoms with van der Waals surface area (Å²) >= 11 is 19.2. The number of amides is 3. The SMILES string of the molecule is CC(C)(Nc1ccc(C(=O)CN)c(F)c1)C(=O)Nc1ccc(C#N)c(C(F)(F)F)c1.S=C(Cl)Cl.[C-]#[N+]c1ccc(N2C(=O)C(C)(C)N(c3ccc(C(=O)NC)c(F)c3)C2=S)cc1C.[I-]. The first kappa shape index (κ1) is 54.8. The Balaban J connectivity index is 0.000000400. The highest BCUT2D eigenvalue weighted by Gasteiger charge is 2.50. The van der Waals surface area contributed by atoms with E-state index in [9.17, 15) is 41.1 Å². The number of rotatable bonds is 9. The van der Waals surface area contributed by atoms with Crippen LogP contribution in [0.4, 0.5) is 50.4 Å². The van der Waals surface area contributed by atoms with Gasteiger partial charge in [-0.15, -0.1) is 0 Å². The number of Topliss-reactive ketones (excluding diaryl/α,β-unsaturated/α-hetero) is 1. The van der Waals surface area contributed by atoms with Gasteiger partial charge in [0.25, 0.3) is 11.8 Å². The van der Waals surface area contributed by atoms with Crippen molar-refractivity contribution in [1.82, 2.24) is 5.32 Å². The van der Waals surface area contributed by atoms with Gasteiger partial charge in [-0.1, -0.05) is 41.5 Å². The maximum Gasteiger partial charge on any atom is 0.417 e. The molecular formula is C42H37Cl2F5IN8O4S2-. The van der Waals surface area contributed by atoms with Crippen LogP contribution in [0.2, 0.25) is 0 Å². The van der Waals surface area contributed by atoms with Crippen LogP contribution in [0.5, 0.6) is 0 Å². The number of halogens is 8. The number of hydrogen-bond acceptors (Lipinski definition) is 9. The monoisotopic (exact) mass is 1070 g/mol. The summed E-state index contributed by atoms with van der Waals surface area (Å²) in [6.45, 7) is 14.9. The fraction of sp³-hybridized carbons (Fsp3) is 0.238. The molecule has 1 aliphatic heterocycles. The van der Waals surface area contributed by atoms with E-state index < -0.39 is 57.6 Å². The highest BCUT2D eigenvalue weighted by atomic mass is 127. The third-order valence-electron chi connectivity index (χ3n) is 9.09. The fourth-order valence-corrected chi connectivity index (χ4v) is 6.43. The molecule has 1 fully saturated rings. The average Bonchev–Trinajstić information content (AvgIpc) is 3.38. The number of carbonyl (C=O) groups excluding carboxylic acids is 4. The molecule has 4 aromatic carbocycles. The van der Waals surface area contributed by atoms with Crippen LogP contribution in [-0.2, 0) is 15.8 Å². The molecule has 3 amide bonds. The smallest absolute Gasteiger partial charge is 0.417 e. The lowest BCUT2D eigenvalue weighted by Crippen LogP contribution is -3.00. The molecule has 1 saturated heterocycles. The Labute approximate surface area is 403 Å². The molecule has 0 bridgehead atoms. The topological polar surface area (TPSA) is 165 Å². The van der Waals surface area contributed by atoms with E-state index in [4.69, 9.17) is 53.0 Å². The molecule has 12 nitrogen and oxygen atoms in total. The van der Waals surface area contributed by atoms with E-state index in [0.29, 0.717) is 23.1 Å². The molecule has 1 aliphatic rings. The number of aryl methyl sites for hydroxylation is 1. The molecule has 0 atom stereocenters. The largest absolute Gasteiger partial charge is 1.00 e. The molecule has 0 unspecified atom stereocenters. The number of hydrogen-bond donors (Lipinski definition) is 4. The van der Waals surface area contributed by atoms with E-state index in [2.05, 4.69) is 33.0 Å². The number of nitriles is 1. The number of nitrogens with zero attached hydrogens (tertiary/aromatic N) is 4. The Kier molecular flexibility index (Phi) is 19.3. The lowest BCUT2D eigenvalue weighted by molar-refractivity contribution is -0.137. The van der Waals surface area contributed by atoms with Gasteiger partial charge in [0.15, 0.2) is 20.4 Å². The van der Waals surface area contributed by atoms with Crippen molar-refractivity contribution < 1.29 is 65.1 Å². The van der Waals surface area contributed by atoms with Crippen LogP contribution in [-0.4, -0.2) is 57.1 Å². The number of carbonyl (C=O) groups is 4. The Hall–Kier alpha value is -5.36. The highest BCUT2D eigenvalue weighted by molar-refractivity contribution is 7.86. The Morgan fingerprint density at radius 2 is 1.50 bits per heavy atom. The molecule has 338 valence electrons. The van der Waals surface area contributed by atoms with Crippen LogP contribution in [0, 0.1) is 36.5 Å². The maximum atomic E-state index is 14.5. The van der Waals surface area contributed by atoms with E-state index in [-0.39, 0.29) is 67.8 Å². The predicted molar refractivity (Wildman–Crippen MR) is 240 cm³/mol. The molecule has 5 N–H and O–H groups in total. The van der Waals surface area contributed by atoms with Gasteiger partial charge in [0.2, 0.25) is 5.91 Å². The van der Waals surface area contributed by atoms with Crippen LogP contribution in [0.1, 0.15) is 65.1 Å². The minimum atomic E-state index is -4.76. The van der Waals surface area contributed by atoms with E-state index in [1.165, 1.54) is 62.2 Å². The molecule has 5 rings (SSSR count). The number of anilines is 4. The molecule has 1 heterocycles.